The number of nitrogens with zero attached hydrogens (tertiary/aromatic N) is 3. The third kappa shape index (κ3) is 2.28. The third-order valence-corrected chi connectivity index (χ3v) is 2.12. The normalized spacial score (nSPS) is 10.1. The van der Waals surface area contributed by atoms with Crippen molar-refractivity contribution in [1.82, 2.24) is 15.1 Å². The average molecular weight is 219 g/mol. The Bertz CT molecular complexity index is 454. The molecule has 0 amide bonds. The van der Waals surface area contributed by atoms with Crippen LogP contribution >= 0.6 is 0 Å². The maximum Gasteiger partial charge on any atom is 0.224 e. The molecule has 0 aliphatic carbocycles. The van der Waals surface area contributed by atoms with Crippen LogP contribution in [-0.4, -0.2) is 22.2 Å². The molecule has 2 aromatic heterocycles. The van der Waals surface area contributed by atoms with E-state index >= 15 is 0 Å². The Kier molecular flexibility index (Phi) is 3.00. The number of rotatable bonds is 4. The van der Waals surface area contributed by atoms with Gasteiger partial charge in [-0.1, -0.05) is 5.16 Å². The lowest BCUT2D eigenvalue weighted by Crippen LogP contribution is -2.06. The van der Waals surface area contributed by atoms with Crippen LogP contribution in [0.4, 0.5) is 11.8 Å². The van der Waals surface area contributed by atoms with Gasteiger partial charge in [-0.15, -0.1) is 0 Å². The molecule has 2 N–H and O–H groups in total. The van der Waals surface area contributed by atoms with Gasteiger partial charge in [0.2, 0.25) is 5.95 Å². The Morgan fingerprint density at radius 2 is 2.31 bits per heavy atom. The summed E-state index contributed by atoms with van der Waals surface area (Å²) in [7, 11) is 1.78. The van der Waals surface area contributed by atoms with Crippen LogP contribution in [0.2, 0.25) is 0 Å². The summed E-state index contributed by atoms with van der Waals surface area (Å²) in [6, 6.07) is 1.81. The molecule has 84 valence electrons. The molecule has 0 aliphatic heterocycles. The lowest BCUT2D eigenvalue weighted by Gasteiger charge is -2.07. The largest absolute Gasteiger partial charge is 0.364 e. The second-order valence-electron chi connectivity index (χ2n) is 3.32. The molecule has 0 radical (unpaired) electrons. The molecule has 0 unspecified atom stereocenters. The lowest BCUT2D eigenvalue weighted by molar-refractivity contribution is 0.412. The van der Waals surface area contributed by atoms with E-state index in [2.05, 4.69) is 25.8 Å². The zero-order valence-electron chi connectivity index (χ0n) is 9.19. The van der Waals surface area contributed by atoms with Gasteiger partial charge < -0.3 is 15.2 Å². The topological polar surface area (TPSA) is 75.9 Å². The van der Waals surface area contributed by atoms with Gasteiger partial charge in [-0.05, 0) is 6.92 Å². The van der Waals surface area contributed by atoms with E-state index in [1.54, 1.807) is 19.5 Å². The fourth-order valence-electron chi connectivity index (χ4n) is 1.24. The Labute approximate surface area is 93.1 Å². The predicted octanol–water partition coefficient (Wildman–Crippen LogP) is 1.43. The molecule has 0 aromatic carbocycles. The number of aryl methyl sites for hydroxylation is 1. The molecule has 0 aliphatic rings. The molecular formula is C10H13N5O. The second-order valence-corrected chi connectivity index (χ2v) is 3.32. The molecule has 0 saturated heterocycles. The van der Waals surface area contributed by atoms with Gasteiger partial charge in [0.25, 0.3) is 0 Å². The maximum atomic E-state index is 4.74. The summed E-state index contributed by atoms with van der Waals surface area (Å²) in [5, 5.41) is 9.87. The molecule has 0 atom stereocenters. The minimum absolute atomic E-state index is 0.581. The summed E-state index contributed by atoms with van der Waals surface area (Å²) < 4.78 is 4.74. The fourth-order valence-corrected chi connectivity index (χ4v) is 1.24. The molecule has 2 rings (SSSR count). The van der Waals surface area contributed by atoms with Gasteiger partial charge in [0.15, 0.2) is 0 Å². The maximum absolute atomic E-state index is 4.74. The van der Waals surface area contributed by atoms with Crippen LogP contribution in [0.1, 0.15) is 11.3 Å². The van der Waals surface area contributed by atoms with Gasteiger partial charge in [0.1, 0.15) is 17.8 Å². The molecule has 0 spiro atoms. The highest BCUT2D eigenvalue weighted by atomic mass is 16.5. The highest BCUT2D eigenvalue weighted by molar-refractivity contribution is 5.46. The summed E-state index contributed by atoms with van der Waals surface area (Å²) >= 11 is 0. The predicted molar refractivity (Wildman–Crippen MR) is 60.1 cm³/mol. The zero-order valence-corrected chi connectivity index (χ0v) is 9.19. The quantitative estimate of drug-likeness (QED) is 0.810. The van der Waals surface area contributed by atoms with Crippen molar-refractivity contribution in [2.45, 2.75) is 13.5 Å². The van der Waals surface area contributed by atoms with Crippen molar-refractivity contribution in [3.05, 3.63) is 29.8 Å². The van der Waals surface area contributed by atoms with Crippen molar-refractivity contribution in [3.63, 3.8) is 0 Å². The number of anilines is 2. The third-order valence-electron chi connectivity index (χ3n) is 2.12. The Balaban J connectivity index is 2.08. The van der Waals surface area contributed by atoms with Crippen molar-refractivity contribution in [2.24, 2.45) is 0 Å². The first kappa shape index (κ1) is 10.4. The SMILES string of the molecule is CNc1ncc(C)c(NCc2ccon2)n1. The Morgan fingerprint density at radius 1 is 1.44 bits per heavy atom. The van der Waals surface area contributed by atoms with Gasteiger partial charge in [0, 0.05) is 24.9 Å². The summed E-state index contributed by atoms with van der Waals surface area (Å²) in [5.74, 6) is 1.38. The molecule has 6 heteroatoms. The summed E-state index contributed by atoms with van der Waals surface area (Å²) in [6.07, 6.45) is 3.31. The van der Waals surface area contributed by atoms with E-state index in [0.29, 0.717) is 12.5 Å². The van der Waals surface area contributed by atoms with Crippen LogP contribution in [0.25, 0.3) is 0 Å². The van der Waals surface area contributed by atoms with Crippen molar-refractivity contribution in [2.75, 3.05) is 17.7 Å². The molecule has 0 fully saturated rings. The second kappa shape index (κ2) is 4.61. The molecule has 2 heterocycles. The van der Waals surface area contributed by atoms with Gasteiger partial charge >= 0.3 is 0 Å². The highest BCUT2D eigenvalue weighted by Gasteiger charge is 2.03. The monoisotopic (exact) mass is 219 g/mol. The highest BCUT2D eigenvalue weighted by Crippen LogP contribution is 2.12. The summed E-state index contributed by atoms with van der Waals surface area (Å²) in [5.41, 5.74) is 1.83. The first-order valence-electron chi connectivity index (χ1n) is 4.94. The lowest BCUT2D eigenvalue weighted by atomic mass is 10.3. The van der Waals surface area contributed by atoms with Crippen LogP contribution in [0, 0.1) is 6.92 Å². The Hall–Kier alpha value is -2.11. The molecule has 2 aromatic rings. The average Bonchev–Trinajstić information content (AvgIpc) is 2.81. The van der Waals surface area contributed by atoms with E-state index in [0.717, 1.165) is 17.1 Å². The van der Waals surface area contributed by atoms with E-state index in [4.69, 9.17) is 4.52 Å². The minimum Gasteiger partial charge on any atom is -0.364 e. The van der Waals surface area contributed by atoms with E-state index in [-0.39, 0.29) is 0 Å². The zero-order chi connectivity index (χ0) is 11.4. The van der Waals surface area contributed by atoms with Crippen molar-refractivity contribution < 1.29 is 4.52 Å². The summed E-state index contributed by atoms with van der Waals surface area (Å²) in [6.45, 7) is 2.53. The van der Waals surface area contributed by atoms with E-state index in [9.17, 15) is 0 Å². The van der Waals surface area contributed by atoms with Gasteiger partial charge in [-0.2, -0.15) is 4.98 Å². The first-order chi connectivity index (χ1) is 7.79. The van der Waals surface area contributed by atoms with Crippen LogP contribution in [0.5, 0.6) is 0 Å². The standard InChI is InChI=1S/C10H13N5O/c1-7-5-13-10(11-2)14-9(7)12-6-8-3-4-16-15-8/h3-5H,6H2,1-2H3,(H2,11,12,13,14). The fraction of sp³-hybridized carbons (Fsp3) is 0.300. The minimum atomic E-state index is 0.581. The molecule has 0 bridgehead atoms. The number of hydrogen-bond acceptors (Lipinski definition) is 6. The number of hydrogen-bond donors (Lipinski definition) is 2. The van der Waals surface area contributed by atoms with E-state index in [1.165, 1.54) is 0 Å². The van der Waals surface area contributed by atoms with Crippen LogP contribution < -0.4 is 10.6 Å². The van der Waals surface area contributed by atoms with E-state index < -0.39 is 0 Å². The summed E-state index contributed by atoms with van der Waals surface area (Å²) in [4.78, 5) is 8.40. The van der Waals surface area contributed by atoms with Gasteiger partial charge in [0.05, 0.1) is 6.54 Å². The smallest absolute Gasteiger partial charge is 0.224 e. The Morgan fingerprint density at radius 3 is 3.00 bits per heavy atom. The molecular weight excluding hydrogens is 206 g/mol. The van der Waals surface area contributed by atoms with Crippen molar-refractivity contribution in [3.8, 4) is 0 Å². The number of nitrogens with one attached hydrogen (secondary N) is 2. The van der Waals surface area contributed by atoms with Gasteiger partial charge in [-0.25, -0.2) is 4.98 Å². The van der Waals surface area contributed by atoms with Crippen LogP contribution in [0.3, 0.4) is 0 Å². The van der Waals surface area contributed by atoms with Gasteiger partial charge in [-0.3, -0.25) is 0 Å². The van der Waals surface area contributed by atoms with Crippen molar-refractivity contribution in [1.29, 1.82) is 0 Å². The van der Waals surface area contributed by atoms with Crippen LogP contribution in [-0.2, 0) is 6.54 Å². The van der Waals surface area contributed by atoms with E-state index in [1.807, 2.05) is 13.0 Å². The van der Waals surface area contributed by atoms with Crippen molar-refractivity contribution >= 4 is 11.8 Å². The molecule has 16 heavy (non-hydrogen) atoms. The molecule has 6 nitrogen and oxygen atoms in total. The first-order valence-corrected chi connectivity index (χ1v) is 4.94. The van der Waals surface area contributed by atoms with Crippen LogP contribution in [0.15, 0.2) is 23.0 Å². The molecule has 0 saturated carbocycles. The number of aromatic nitrogens is 3.